The first-order valence-corrected chi connectivity index (χ1v) is 17.8. The number of rotatable bonds is 13. The fourth-order valence-electron chi connectivity index (χ4n) is 9.08. The van der Waals surface area contributed by atoms with Crippen molar-refractivity contribution in [2.75, 3.05) is 13.2 Å². The molecule has 0 aromatic rings. The Labute approximate surface area is 284 Å². The summed E-state index contributed by atoms with van der Waals surface area (Å²) in [6, 6.07) is 0. The summed E-state index contributed by atoms with van der Waals surface area (Å²) in [5.74, 6) is -3.86. The van der Waals surface area contributed by atoms with Gasteiger partial charge in [0.25, 0.3) is 0 Å². The van der Waals surface area contributed by atoms with Gasteiger partial charge in [0.1, 0.15) is 0 Å². The van der Waals surface area contributed by atoms with Crippen molar-refractivity contribution in [1.82, 2.24) is 0 Å². The number of allylic oxidation sites excluding steroid dienone is 4. The molecule has 4 aliphatic carbocycles. The van der Waals surface area contributed by atoms with Crippen LogP contribution in [-0.2, 0) is 38.2 Å². The highest BCUT2D eigenvalue weighted by atomic mass is 35.5. The van der Waals surface area contributed by atoms with Crippen LogP contribution in [0.2, 0.25) is 0 Å². The third kappa shape index (κ3) is 6.36. The van der Waals surface area contributed by atoms with E-state index in [1.54, 1.807) is 13.0 Å². The minimum Gasteiger partial charge on any atom is -0.465 e. The lowest BCUT2D eigenvalue weighted by Crippen LogP contribution is -2.69. The molecule has 0 bridgehead atoms. The molecule has 10 unspecified atom stereocenters. The number of ether oxygens (including phenoxy) is 3. The Morgan fingerprint density at radius 2 is 1.79 bits per heavy atom. The summed E-state index contributed by atoms with van der Waals surface area (Å²) >= 11 is 7.58. The smallest absolute Gasteiger partial charge is 0.309 e. The first-order valence-electron chi connectivity index (χ1n) is 17.4. The quantitative estimate of drug-likeness (QED) is 0.140. The van der Waals surface area contributed by atoms with Gasteiger partial charge >= 0.3 is 17.9 Å². The number of carbonyl (C=O) groups is 5. The molecule has 4 rings (SSSR count). The van der Waals surface area contributed by atoms with Crippen LogP contribution in [0.5, 0.6) is 0 Å². The van der Waals surface area contributed by atoms with Crippen LogP contribution in [0, 0.1) is 40.4 Å². The molecular formula is C37H53ClO9. The lowest BCUT2D eigenvalue weighted by atomic mass is 9.45. The van der Waals surface area contributed by atoms with Gasteiger partial charge in [0.2, 0.25) is 5.78 Å². The van der Waals surface area contributed by atoms with E-state index >= 15 is 0 Å². The number of hydrogen-bond donors (Lipinski definition) is 1. The minimum absolute atomic E-state index is 0.0759. The van der Waals surface area contributed by atoms with E-state index in [9.17, 15) is 29.1 Å². The lowest BCUT2D eigenvalue weighted by Gasteiger charge is -2.64. The zero-order valence-corrected chi connectivity index (χ0v) is 29.8. The summed E-state index contributed by atoms with van der Waals surface area (Å²) in [5, 5.41) is 12.0. The van der Waals surface area contributed by atoms with Crippen molar-refractivity contribution in [1.29, 1.82) is 0 Å². The first kappa shape index (κ1) is 37.3. The van der Waals surface area contributed by atoms with Crippen LogP contribution in [-0.4, -0.2) is 64.4 Å². The number of esters is 3. The summed E-state index contributed by atoms with van der Waals surface area (Å²) in [4.78, 5) is 64.2. The highest BCUT2D eigenvalue weighted by molar-refractivity contribution is 6.26. The number of unbranched alkanes of at least 4 members (excludes halogenated alkanes) is 1. The highest BCUT2D eigenvalue weighted by Gasteiger charge is 2.76. The Morgan fingerprint density at radius 1 is 1.09 bits per heavy atom. The van der Waals surface area contributed by atoms with Crippen molar-refractivity contribution in [3.05, 3.63) is 23.8 Å². The summed E-state index contributed by atoms with van der Waals surface area (Å²) in [5.41, 5.74) is -2.56. The predicted octanol–water partition coefficient (Wildman–Crippen LogP) is 6.07. The second-order valence-corrected chi connectivity index (χ2v) is 15.7. The maximum Gasteiger partial charge on any atom is 0.309 e. The van der Waals surface area contributed by atoms with Gasteiger partial charge < -0.3 is 19.3 Å². The Hall–Kier alpha value is -2.52. The summed E-state index contributed by atoms with van der Waals surface area (Å²) < 4.78 is 17.1. The molecule has 10 heteroatoms. The first-order chi connectivity index (χ1) is 22.0. The molecular weight excluding hydrogens is 624 g/mol. The highest BCUT2D eigenvalue weighted by Crippen LogP contribution is 2.72. The molecule has 0 spiro atoms. The Balaban J connectivity index is 1.61. The Morgan fingerprint density at radius 3 is 2.45 bits per heavy atom. The normalized spacial score (nSPS) is 37.0. The van der Waals surface area contributed by atoms with Gasteiger partial charge in [-0.25, -0.2) is 0 Å². The molecule has 3 fully saturated rings. The van der Waals surface area contributed by atoms with Crippen LogP contribution in [0.15, 0.2) is 23.8 Å². The molecule has 0 amide bonds. The number of halogens is 1. The molecule has 0 aliphatic heterocycles. The maximum absolute atomic E-state index is 14.4. The standard InChI is InChI=1S/C37H53ClO9/c1-8-10-11-31(42)47-37(30(41)21-45-32(43)16-23(4)33(44)46-20-22(3)9-2)24(5)17-28-27-13-12-25-18-26(39)14-15-34(25,6)36(27,38)29(40)19-35(28,37)7/h14-15,18,22-24,27-29,40H,8-13,16-17,19-21H2,1-7H3. The molecule has 0 aromatic heterocycles. The lowest BCUT2D eigenvalue weighted by molar-refractivity contribution is -0.204. The minimum atomic E-state index is -1.67. The van der Waals surface area contributed by atoms with Gasteiger partial charge in [-0.05, 0) is 62.0 Å². The second kappa shape index (κ2) is 14.1. The maximum atomic E-state index is 14.4. The third-order valence-corrected chi connectivity index (χ3v) is 13.0. The van der Waals surface area contributed by atoms with Crippen molar-refractivity contribution in [2.45, 2.75) is 123 Å². The average molecular weight is 677 g/mol. The van der Waals surface area contributed by atoms with Gasteiger partial charge in [-0.1, -0.05) is 73.0 Å². The predicted molar refractivity (Wildman–Crippen MR) is 176 cm³/mol. The van der Waals surface area contributed by atoms with Crippen molar-refractivity contribution in [3.8, 4) is 0 Å². The molecule has 0 radical (unpaired) electrons. The SMILES string of the molecule is CCCCC(=O)OC1(C(=O)COC(=O)CC(C)C(=O)OCC(C)CC)C(C)CC2C3CCC4=CC(=O)C=CC4(C)C3(Cl)C(O)CC21C. The largest absolute Gasteiger partial charge is 0.465 e. The molecule has 262 valence electrons. The summed E-state index contributed by atoms with van der Waals surface area (Å²) in [6.07, 6.45) is 7.75. The van der Waals surface area contributed by atoms with E-state index in [-0.39, 0.29) is 49.4 Å². The van der Waals surface area contributed by atoms with E-state index in [1.165, 1.54) is 6.08 Å². The Bertz CT molecular complexity index is 1320. The van der Waals surface area contributed by atoms with Crippen molar-refractivity contribution >= 4 is 41.1 Å². The molecule has 4 aliphatic rings. The zero-order chi connectivity index (χ0) is 34.9. The van der Waals surface area contributed by atoms with Crippen LogP contribution < -0.4 is 0 Å². The van der Waals surface area contributed by atoms with Crippen LogP contribution in [0.4, 0.5) is 0 Å². The third-order valence-electron chi connectivity index (χ3n) is 12.1. The number of alkyl halides is 1. The number of aliphatic hydroxyl groups excluding tert-OH is 1. The topological polar surface area (TPSA) is 133 Å². The van der Waals surface area contributed by atoms with Crippen LogP contribution in [0.3, 0.4) is 0 Å². The number of hydrogen-bond acceptors (Lipinski definition) is 9. The van der Waals surface area contributed by atoms with Gasteiger partial charge in [-0.15, -0.1) is 11.6 Å². The molecule has 0 heterocycles. The van der Waals surface area contributed by atoms with Gasteiger partial charge in [0.15, 0.2) is 18.0 Å². The van der Waals surface area contributed by atoms with Crippen LogP contribution >= 0.6 is 11.6 Å². The van der Waals surface area contributed by atoms with Gasteiger partial charge in [-0.2, -0.15) is 0 Å². The van der Waals surface area contributed by atoms with Crippen molar-refractivity contribution < 1.29 is 43.3 Å². The molecule has 47 heavy (non-hydrogen) atoms. The fraction of sp³-hybridized carbons (Fsp3) is 0.757. The average Bonchev–Trinajstić information content (AvgIpc) is 3.24. The second-order valence-electron chi connectivity index (χ2n) is 15.0. The molecule has 9 nitrogen and oxygen atoms in total. The van der Waals surface area contributed by atoms with Crippen LogP contribution in [0.1, 0.15) is 106 Å². The van der Waals surface area contributed by atoms with E-state index in [4.69, 9.17) is 25.8 Å². The van der Waals surface area contributed by atoms with E-state index in [1.807, 2.05) is 47.6 Å². The fourth-order valence-corrected chi connectivity index (χ4v) is 9.60. The number of carbonyl (C=O) groups excluding carboxylic acids is 5. The van der Waals surface area contributed by atoms with E-state index in [0.717, 1.165) is 18.4 Å². The number of Topliss-reactive ketones (excluding diaryl/α,β-unsaturated/α-hetero) is 1. The van der Waals surface area contributed by atoms with Crippen LogP contribution in [0.25, 0.3) is 0 Å². The summed E-state index contributed by atoms with van der Waals surface area (Å²) in [7, 11) is 0. The van der Waals surface area contributed by atoms with E-state index in [2.05, 4.69) is 0 Å². The van der Waals surface area contributed by atoms with Gasteiger partial charge in [0, 0.05) is 23.2 Å². The molecule has 0 saturated heterocycles. The monoisotopic (exact) mass is 676 g/mol. The van der Waals surface area contributed by atoms with Gasteiger partial charge in [-0.3, -0.25) is 24.0 Å². The number of ketones is 2. The number of aliphatic hydroxyl groups is 1. The number of fused-ring (bicyclic) bond motifs is 5. The molecule has 3 saturated carbocycles. The van der Waals surface area contributed by atoms with E-state index < -0.39 is 69.5 Å². The summed E-state index contributed by atoms with van der Waals surface area (Å²) in [6.45, 7) is 12.9. The molecule has 0 aromatic carbocycles. The van der Waals surface area contributed by atoms with E-state index in [0.29, 0.717) is 25.7 Å². The molecule has 1 N–H and O–H groups in total. The van der Waals surface area contributed by atoms with Crippen molar-refractivity contribution in [2.24, 2.45) is 40.4 Å². The van der Waals surface area contributed by atoms with Gasteiger partial charge in [0.05, 0.1) is 29.9 Å². The zero-order valence-electron chi connectivity index (χ0n) is 29.1. The molecule has 10 atom stereocenters. The Kier molecular flexibility index (Phi) is 11.2. The van der Waals surface area contributed by atoms with Crippen molar-refractivity contribution in [3.63, 3.8) is 0 Å².